The van der Waals surface area contributed by atoms with Crippen LogP contribution >= 0.6 is 0 Å². The lowest BCUT2D eigenvalue weighted by Crippen LogP contribution is -2.59. The maximum Gasteiger partial charge on any atom is 0.243 e. The van der Waals surface area contributed by atoms with Gasteiger partial charge >= 0.3 is 0 Å². The molecule has 53 heavy (non-hydrogen) atoms. The number of hydrogen-bond acceptors (Lipinski definition) is 6. The van der Waals surface area contributed by atoms with Crippen molar-refractivity contribution >= 4 is 29.5 Å². The second-order valence-electron chi connectivity index (χ2n) is 15.1. The molecule has 0 unspecified atom stereocenters. The summed E-state index contributed by atoms with van der Waals surface area (Å²) in [6.07, 6.45) is 3.66. The van der Waals surface area contributed by atoms with E-state index in [0.29, 0.717) is 25.7 Å². The molecule has 294 valence electrons. The van der Waals surface area contributed by atoms with E-state index in [1.807, 2.05) is 116 Å². The van der Waals surface area contributed by atoms with Crippen LogP contribution in [0, 0.1) is 17.8 Å². The Morgan fingerprint density at radius 3 is 1.72 bits per heavy atom. The summed E-state index contributed by atoms with van der Waals surface area (Å²) < 4.78 is 0. The lowest BCUT2D eigenvalue weighted by molar-refractivity contribution is -0.133. The molecule has 2 aromatic rings. The minimum Gasteiger partial charge on any atom is -0.352 e. The number of aryl methyl sites for hydroxylation is 1. The van der Waals surface area contributed by atoms with Crippen molar-refractivity contribution in [2.24, 2.45) is 23.5 Å². The fourth-order valence-corrected chi connectivity index (χ4v) is 6.19. The minimum absolute atomic E-state index is 0.0182. The molecule has 0 fully saturated rings. The fraction of sp³-hybridized carbons (Fsp3) is 0.595. The first-order valence-corrected chi connectivity index (χ1v) is 19.5. The highest BCUT2D eigenvalue weighted by Gasteiger charge is 2.33. The zero-order valence-electron chi connectivity index (χ0n) is 33.2. The number of nitrogens with one attached hydrogen (secondary N) is 5. The van der Waals surface area contributed by atoms with Crippen LogP contribution in [0.5, 0.6) is 0 Å². The Kier molecular flexibility index (Phi) is 19.8. The van der Waals surface area contributed by atoms with Gasteiger partial charge in [-0.3, -0.25) is 24.0 Å². The van der Waals surface area contributed by atoms with E-state index in [-0.39, 0.29) is 54.4 Å². The third kappa shape index (κ3) is 16.1. The average Bonchev–Trinajstić information content (AvgIpc) is 3.13. The smallest absolute Gasteiger partial charge is 0.243 e. The lowest BCUT2D eigenvalue weighted by Gasteiger charge is -2.31. The number of carbonyl (C=O) groups is 5. The average molecular weight is 735 g/mol. The van der Waals surface area contributed by atoms with Gasteiger partial charge in [0.05, 0.1) is 0 Å². The lowest BCUT2D eigenvalue weighted by atomic mass is 9.94. The Labute approximate surface area is 317 Å². The summed E-state index contributed by atoms with van der Waals surface area (Å²) in [5.74, 6) is -2.02. The molecule has 0 radical (unpaired) electrons. The van der Waals surface area contributed by atoms with Crippen LogP contribution in [-0.2, 0) is 36.8 Å². The first-order chi connectivity index (χ1) is 25.2. The van der Waals surface area contributed by atoms with Crippen molar-refractivity contribution in [2.75, 3.05) is 0 Å². The first kappa shape index (κ1) is 44.9. The highest BCUT2D eigenvalue weighted by Crippen LogP contribution is 2.14. The van der Waals surface area contributed by atoms with Crippen LogP contribution in [0.25, 0.3) is 0 Å². The summed E-state index contributed by atoms with van der Waals surface area (Å²) >= 11 is 0. The molecule has 0 bridgehead atoms. The van der Waals surface area contributed by atoms with Crippen molar-refractivity contribution in [3.05, 3.63) is 71.8 Å². The van der Waals surface area contributed by atoms with E-state index in [1.54, 1.807) is 0 Å². The van der Waals surface area contributed by atoms with Gasteiger partial charge in [0.1, 0.15) is 18.1 Å². The van der Waals surface area contributed by atoms with E-state index in [9.17, 15) is 24.0 Å². The van der Waals surface area contributed by atoms with Crippen molar-refractivity contribution in [1.29, 1.82) is 0 Å². The molecule has 11 nitrogen and oxygen atoms in total. The molecule has 6 atom stereocenters. The van der Waals surface area contributed by atoms with Gasteiger partial charge in [-0.05, 0) is 61.0 Å². The molecule has 0 aliphatic rings. The van der Waals surface area contributed by atoms with Gasteiger partial charge in [0.25, 0.3) is 0 Å². The second-order valence-corrected chi connectivity index (χ2v) is 15.1. The monoisotopic (exact) mass is 735 g/mol. The standard InChI is InChI=1S/C42H66N6O5/c1-9-29(8)39(42(53)44-32(10-2)11-3)47-37(50)26-33(43)34(25-31-20-16-13-17-21-31)46-41(52)38(28(6)7)48-40(51)35(24-27(4)5)45-36(49)23-22-30-18-14-12-15-19-30/h12-21,27-29,32-35,38-39H,9-11,22-26,43H2,1-8H3,(H,44,53)(H,45,49)(H,46,52)(H,47,50)(H,48,51)/t29-,33-,34-,35-,38-,39-/m0/s1. The molecule has 0 aromatic heterocycles. The molecular weight excluding hydrogens is 668 g/mol. The zero-order chi connectivity index (χ0) is 39.5. The Bertz CT molecular complexity index is 1420. The summed E-state index contributed by atoms with van der Waals surface area (Å²) in [7, 11) is 0. The summed E-state index contributed by atoms with van der Waals surface area (Å²) in [5.41, 5.74) is 8.64. The van der Waals surface area contributed by atoms with Crippen molar-refractivity contribution < 1.29 is 24.0 Å². The zero-order valence-corrected chi connectivity index (χ0v) is 33.2. The van der Waals surface area contributed by atoms with Crippen LogP contribution in [0.1, 0.15) is 105 Å². The predicted molar refractivity (Wildman–Crippen MR) is 211 cm³/mol. The highest BCUT2D eigenvalue weighted by molar-refractivity contribution is 5.92. The van der Waals surface area contributed by atoms with Gasteiger partial charge in [0, 0.05) is 31.0 Å². The number of hydrogen-bond donors (Lipinski definition) is 6. The molecule has 0 saturated heterocycles. The Morgan fingerprint density at radius 2 is 1.19 bits per heavy atom. The number of rotatable bonds is 23. The van der Waals surface area contributed by atoms with Crippen LogP contribution in [0.15, 0.2) is 60.7 Å². The van der Waals surface area contributed by atoms with Gasteiger partial charge in [-0.15, -0.1) is 0 Å². The van der Waals surface area contributed by atoms with Crippen molar-refractivity contribution in [3.8, 4) is 0 Å². The van der Waals surface area contributed by atoms with Crippen LogP contribution in [0.2, 0.25) is 0 Å². The van der Waals surface area contributed by atoms with Gasteiger partial charge in [-0.1, -0.05) is 122 Å². The van der Waals surface area contributed by atoms with E-state index < -0.39 is 42.0 Å². The third-order valence-electron chi connectivity index (χ3n) is 9.80. The molecule has 2 rings (SSSR count). The SMILES string of the molecule is CCC(CC)NC(=O)[C@@H](NC(=O)C[C@H](N)[C@H](Cc1ccccc1)NC(=O)[C@@H](NC(=O)[C@H](CC(C)C)NC(=O)CCc1ccccc1)C(C)C)[C@@H](C)CC. The molecular formula is C42H66N6O5. The number of amides is 5. The number of carbonyl (C=O) groups excluding carboxylic acids is 5. The Hall–Kier alpha value is -4.25. The van der Waals surface area contributed by atoms with Crippen LogP contribution in [0.4, 0.5) is 0 Å². The topological polar surface area (TPSA) is 172 Å². The van der Waals surface area contributed by atoms with E-state index in [0.717, 1.165) is 24.0 Å². The van der Waals surface area contributed by atoms with E-state index in [4.69, 9.17) is 5.73 Å². The fourth-order valence-electron chi connectivity index (χ4n) is 6.19. The van der Waals surface area contributed by atoms with E-state index in [1.165, 1.54) is 0 Å². The number of nitrogens with two attached hydrogens (primary N) is 1. The molecule has 11 heteroatoms. The third-order valence-corrected chi connectivity index (χ3v) is 9.80. The largest absolute Gasteiger partial charge is 0.352 e. The van der Waals surface area contributed by atoms with Crippen LogP contribution in [0.3, 0.4) is 0 Å². The molecule has 7 N–H and O–H groups in total. The van der Waals surface area contributed by atoms with Gasteiger partial charge < -0.3 is 32.3 Å². The molecule has 0 aliphatic carbocycles. The predicted octanol–water partition coefficient (Wildman–Crippen LogP) is 4.57. The Balaban J connectivity index is 2.21. The summed E-state index contributed by atoms with van der Waals surface area (Å²) in [5, 5.41) is 14.8. The quantitative estimate of drug-likeness (QED) is 0.0977. The van der Waals surface area contributed by atoms with Gasteiger partial charge in [0.2, 0.25) is 29.5 Å². The van der Waals surface area contributed by atoms with Crippen LogP contribution < -0.4 is 32.3 Å². The summed E-state index contributed by atoms with van der Waals surface area (Å²) in [6.45, 7) is 15.5. The second kappa shape index (κ2) is 23.4. The molecule has 0 aliphatic heterocycles. The molecule has 0 spiro atoms. The van der Waals surface area contributed by atoms with E-state index >= 15 is 0 Å². The maximum atomic E-state index is 14.0. The van der Waals surface area contributed by atoms with Gasteiger partial charge in [-0.25, -0.2) is 0 Å². The maximum absolute atomic E-state index is 14.0. The van der Waals surface area contributed by atoms with Crippen molar-refractivity contribution in [3.63, 3.8) is 0 Å². The van der Waals surface area contributed by atoms with E-state index in [2.05, 4.69) is 26.6 Å². The summed E-state index contributed by atoms with van der Waals surface area (Å²) in [4.78, 5) is 67.3. The molecule has 0 saturated carbocycles. The normalized spacial score (nSPS) is 14.8. The van der Waals surface area contributed by atoms with Crippen LogP contribution in [-0.4, -0.2) is 65.8 Å². The summed E-state index contributed by atoms with van der Waals surface area (Å²) in [6, 6.07) is 15.3. The van der Waals surface area contributed by atoms with Crippen molar-refractivity contribution in [2.45, 2.75) is 143 Å². The molecule has 0 heterocycles. The van der Waals surface area contributed by atoms with Crippen molar-refractivity contribution in [1.82, 2.24) is 26.6 Å². The van der Waals surface area contributed by atoms with Gasteiger partial charge in [-0.2, -0.15) is 0 Å². The first-order valence-electron chi connectivity index (χ1n) is 19.5. The van der Waals surface area contributed by atoms with Gasteiger partial charge in [0.15, 0.2) is 0 Å². The highest BCUT2D eigenvalue weighted by atomic mass is 16.2. The minimum atomic E-state index is -0.929. The molecule has 5 amide bonds. The molecule has 2 aromatic carbocycles. The Morgan fingerprint density at radius 1 is 0.623 bits per heavy atom. The number of benzene rings is 2.